The van der Waals surface area contributed by atoms with Crippen molar-refractivity contribution < 1.29 is 42.0 Å². The van der Waals surface area contributed by atoms with E-state index in [9.17, 15) is 18.7 Å². The molecule has 4 aliphatic rings. The van der Waals surface area contributed by atoms with Gasteiger partial charge in [-0.2, -0.15) is 0 Å². The Morgan fingerprint density at radius 1 is 1.12 bits per heavy atom. The van der Waals surface area contributed by atoms with Crippen molar-refractivity contribution in [3.05, 3.63) is 47.9 Å². The summed E-state index contributed by atoms with van der Waals surface area (Å²) in [4.78, 5) is 29.2. The molecule has 3 aromatic heterocycles. The SMILES string of the molecule is C[C@@H]1N(c2cc(C#CC3CCOCC3)cnc2O[C@H]2C[C@@H](C(=O)O)N(c3nc(C(F)F)nc4c3oc3ccccc34)C2)CCOC12COC2. The number of aliphatic carboxylic acids is 1. The molecule has 0 saturated carbocycles. The molecule has 1 aromatic carbocycles. The normalized spacial score (nSPS) is 24.0. The summed E-state index contributed by atoms with van der Waals surface area (Å²) in [7, 11) is 0. The Morgan fingerprint density at radius 3 is 2.69 bits per heavy atom. The minimum atomic E-state index is -2.98. The number of ether oxygens (including phenoxy) is 4. The zero-order valence-corrected chi connectivity index (χ0v) is 26.8. The van der Waals surface area contributed by atoms with E-state index in [0.29, 0.717) is 62.1 Å². The molecule has 1 spiro atoms. The molecule has 1 N–H and O–H groups in total. The number of hydrogen-bond donors (Lipinski definition) is 1. The fraction of sp³-hybridized carbons (Fsp3) is 0.486. The number of para-hydroxylation sites is 1. The highest BCUT2D eigenvalue weighted by Gasteiger charge is 2.50. The summed E-state index contributed by atoms with van der Waals surface area (Å²) in [6.45, 7) is 5.52. The number of furan rings is 1. The maximum atomic E-state index is 14.1. The van der Waals surface area contributed by atoms with E-state index in [0.717, 1.165) is 18.4 Å². The van der Waals surface area contributed by atoms with Crippen LogP contribution in [0.2, 0.25) is 0 Å². The average Bonchev–Trinajstić information content (AvgIpc) is 3.69. The molecule has 0 amide bonds. The molecule has 0 unspecified atom stereocenters. The van der Waals surface area contributed by atoms with Crippen molar-refractivity contribution in [3.63, 3.8) is 0 Å². The van der Waals surface area contributed by atoms with Crippen LogP contribution in [0.15, 0.2) is 40.9 Å². The quantitative estimate of drug-likeness (QED) is 0.287. The molecule has 49 heavy (non-hydrogen) atoms. The third-order valence-corrected chi connectivity index (χ3v) is 9.94. The van der Waals surface area contributed by atoms with Gasteiger partial charge >= 0.3 is 5.97 Å². The average molecular weight is 676 g/mol. The van der Waals surface area contributed by atoms with Gasteiger partial charge in [0.25, 0.3) is 6.43 Å². The van der Waals surface area contributed by atoms with Gasteiger partial charge in [0.1, 0.15) is 34.5 Å². The summed E-state index contributed by atoms with van der Waals surface area (Å²) < 4.78 is 57.9. The van der Waals surface area contributed by atoms with Gasteiger partial charge in [0.05, 0.1) is 32.4 Å². The van der Waals surface area contributed by atoms with Crippen molar-refractivity contribution in [2.75, 3.05) is 55.9 Å². The molecule has 0 aliphatic carbocycles. The van der Waals surface area contributed by atoms with Crippen molar-refractivity contribution >= 4 is 39.5 Å². The van der Waals surface area contributed by atoms with Gasteiger partial charge in [-0.3, -0.25) is 0 Å². The minimum absolute atomic E-state index is 0.0179. The van der Waals surface area contributed by atoms with Crippen molar-refractivity contribution in [2.24, 2.45) is 5.92 Å². The van der Waals surface area contributed by atoms with Crippen LogP contribution in [0.25, 0.3) is 22.1 Å². The van der Waals surface area contributed by atoms with Crippen LogP contribution in [-0.2, 0) is 19.0 Å². The number of nitrogens with zero attached hydrogens (tertiary/aromatic N) is 5. The molecule has 256 valence electrons. The number of morpholine rings is 1. The van der Waals surface area contributed by atoms with Crippen LogP contribution in [0, 0.1) is 17.8 Å². The van der Waals surface area contributed by atoms with E-state index in [1.54, 1.807) is 30.5 Å². The summed E-state index contributed by atoms with van der Waals surface area (Å²) in [6.07, 6.45) is -0.175. The van der Waals surface area contributed by atoms with Crippen LogP contribution < -0.4 is 14.5 Å². The van der Waals surface area contributed by atoms with Gasteiger partial charge in [-0.25, -0.2) is 28.5 Å². The molecule has 4 aliphatic heterocycles. The number of carboxylic acids is 1. The van der Waals surface area contributed by atoms with E-state index >= 15 is 0 Å². The number of fused-ring (bicyclic) bond motifs is 3. The van der Waals surface area contributed by atoms with Crippen molar-refractivity contribution in [3.8, 4) is 17.7 Å². The van der Waals surface area contributed by atoms with E-state index in [1.165, 1.54) is 4.90 Å². The third-order valence-electron chi connectivity index (χ3n) is 9.94. The first-order valence-electron chi connectivity index (χ1n) is 16.5. The Labute approximate surface area is 280 Å². The van der Waals surface area contributed by atoms with Gasteiger partial charge in [-0.1, -0.05) is 24.0 Å². The lowest BCUT2D eigenvalue weighted by molar-refractivity contribution is -0.228. The highest BCUT2D eigenvalue weighted by molar-refractivity contribution is 6.06. The lowest BCUT2D eigenvalue weighted by Gasteiger charge is -2.53. The molecule has 0 bridgehead atoms. The first-order chi connectivity index (χ1) is 23.8. The van der Waals surface area contributed by atoms with Crippen molar-refractivity contribution in [1.29, 1.82) is 0 Å². The van der Waals surface area contributed by atoms with E-state index in [1.807, 2.05) is 6.07 Å². The number of pyridine rings is 1. The molecular formula is C35H35F2N5O7. The summed E-state index contributed by atoms with van der Waals surface area (Å²) in [5, 5.41) is 10.8. The number of aromatic nitrogens is 3. The van der Waals surface area contributed by atoms with E-state index in [2.05, 4.69) is 33.6 Å². The second-order valence-corrected chi connectivity index (χ2v) is 12.9. The predicted molar refractivity (Wildman–Crippen MR) is 173 cm³/mol. The summed E-state index contributed by atoms with van der Waals surface area (Å²) in [6, 6.07) is 7.69. The maximum Gasteiger partial charge on any atom is 0.326 e. The molecule has 3 atom stereocenters. The molecule has 4 fully saturated rings. The number of carbonyl (C=O) groups is 1. The molecule has 14 heteroatoms. The number of benzene rings is 1. The minimum Gasteiger partial charge on any atom is -0.480 e. The zero-order chi connectivity index (χ0) is 33.7. The second kappa shape index (κ2) is 12.7. The van der Waals surface area contributed by atoms with Crippen molar-refractivity contribution in [1.82, 2.24) is 15.0 Å². The highest BCUT2D eigenvalue weighted by Crippen LogP contribution is 2.41. The molecule has 8 rings (SSSR count). The van der Waals surface area contributed by atoms with Crippen LogP contribution in [0.3, 0.4) is 0 Å². The van der Waals surface area contributed by atoms with Gasteiger partial charge in [-0.05, 0) is 38.0 Å². The lowest BCUT2D eigenvalue weighted by atomic mass is 9.90. The van der Waals surface area contributed by atoms with Gasteiger partial charge in [0, 0.05) is 49.2 Å². The van der Waals surface area contributed by atoms with E-state index < -0.39 is 36.0 Å². The predicted octanol–water partition coefficient (Wildman–Crippen LogP) is 4.59. The standard InChI is InChI=1S/C35H35F2N5O7/c1-20-35(18-46-19-35)47-13-10-41(20)25-14-22(7-6-21-8-11-45-12-9-21)16-38-33(25)48-23-15-26(34(43)44)42(17-23)32-29-28(39-31(40-32)30(36)37)24-4-2-3-5-27(24)49-29/h2-5,14,16,20-21,23,26,30H,8-13,15,17-19H2,1H3,(H,43,44)/t20-,23-,26-/m0/s1. The molecule has 0 radical (unpaired) electrons. The Kier molecular flexibility index (Phi) is 8.21. The summed E-state index contributed by atoms with van der Waals surface area (Å²) in [5.41, 5.74) is 1.76. The molecular weight excluding hydrogens is 640 g/mol. The summed E-state index contributed by atoms with van der Waals surface area (Å²) in [5.74, 6) is 5.36. The second-order valence-electron chi connectivity index (χ2n) is 12.9. The first kappa shape index (κ1) is 31.7. The maximum absolute atomic E-state index is 14.1. The number of hydrogen-bond acceptors (Lipinski definition) is 11. The van der Waals surface area contributed by atoms with Crippen LogP contribution in [0.5, 0.6) is 5.88 Å². The van der Waals surface area contributed by atoms with Gasteiger partial charge in [0.15, 0.2) is 17.2 Å². The highest BCUT2D eigenvalue weighted by atomic mass is 19.3. The van der Waals surface area contributed by atoms with Crippen LogP contribution in [0.4, 0.5) is 20.3 Å². The zero-order valence-electron chi connectivity index (χ0n) is 26.8. The monoisotopic (exact) mass is 675 g/mol. The first-order valence-corrected chi connectivity index (χ1v) is 16.5. The largest absolute Gasteiger partial charge is 0.480 e. The van der Waals surface area contributed by atoms with Gasteiger partial charge in [-0.15, -0.1) is 0 Å². The molecule has 4 saturated heterocycles. The Bertz CT molecular complexity index is 1950. The van der Waals surface area contributed by atoms with Gasteiger partial charge < -0.3 is 38.3 Å². The fourth-order valence-corrected chi connectivity index (χ4v) is 7.13. The van der Waals surface area contributed by atoms with Crippen LogP contribution in [0.1, 0.15) is 44.0 Å². The van der Waals surface area contributed by atoms with Crippen LogP contribution in [-0.4, -0.2) is 95.9 Å². The number of halogens is 2. The Hall–Kier alpha value is -4.58. The molecule has 12 nitrogen and oxygen atoms in total. The third kappa shape index (κ3) is 5.79. The molecule has 4 aromatic rings. The topological polar surface area (TPSA) is 133 Å². The Morgan fingerprint density at radius 2 is 1.94 bits per heavy atom. The summed E-state index contributed by atoms with van der Waals surface area (Å²) >= 11 is 0. The van der Waals surface area contributed by atoms with Crippen LogP contribution >= 0.6 is 0 Å². The number of alkyl halides is 2. The molecule has 7 heterocycles. The fourth-order valence-electron chi connectivity index (χ4n) is 7.13. The van der Waals surface area contributed by atoms with E-state index in [-0.39, 0.29) is 41.8 Å². The smallest absolute Gasteiger partial charge is 0.326 e. The number of rotatable bonds is 6. The van der Waals surface area contributed by atoms with Crippen molar-refractivity contribution in [2.45, 2.75) is 56.4 Å². The van der Waals surface area contributed by atoms with E-state index in [4.69, 9.17) is 28.3 Å². The number of anilines is 2. The number of carboxylic acid groups (broad SMARTS) is 1. The van der Waals surface area contributed by atoms with Gasteiger partial charge in [0.2, 0.25) is 5.88 Å². The lowest BCUT2D eigenvalue weighted by Crippen LogP contribution is -2.68. The Balaban J connectivity index is 1.14.